The lowest BCUT2D eigenvalue weighted by Gasteiger charge is -2.19. The summed E-state index contributed by atoms with van der Waals surface area (Å²) in [6.07, 6.45) is 3.48. The highest BCUT2D eigenvalue weighted by Crippen LogP contribution is 2.22. The Balaban J connectivity index is 1.71. The van der Waals surface area contributed by atoms with Gasteiger partial charge in [-0.15, -0.1) is 0 Å². The maximum absolute atomic E-state index is 12.6. The van der Waals surface area contributed by atoms with Crippen molar-refractivity contribution in [2.45, 2.75) is 19.9 Å². The second-order valence-electron chi connectivity index (χ2n) is 7.01. The first-order chi connectivity index (χ1) is 13.8. The summed E-state index contributed by atoms with van der Waals surface area (Å²) in [5.74, 6) is 0.0824. The van der Waals surface area contributed by atoms with E-state index in [9.17, 15) is 9.59 Å². The number of hydrogen-bond donors (Lipinski definition) is 2. The molecule has 1 heterocycles. The number of nitrogens with one attached hydrogen (secondary N) is 2. The van der Waals surface area contributed by atoms with Gasteiger partial charge in [0.1, 0.15) is 11.9 Å². The average molecular weight is 411 g/mol. The highest BCUT2D eigenvalue weighted by atomic mass is 35.5. The van der Waals surface area contributed by atoms with Gasteiger partial charge in [0.25, 0.3) is 5.91 Å². The van der Waals surface area contributed by atoms with Gasteiger partial charge in [0.05, 0.1) is 6.54 Å². The first-order valence-electron chi connectivity index (χ1n) is 9.22. The number of carbonyl (C=O) groups is 2. The molecule has 0 aliphatic carbocycles. The van der Waals surface area contributed by atoms with Crippen LogP contribution in [0.5, 0.6) is 0 Å². The standard InChI is InChI=1S/C22H23ClN4O2/c1-14-10-15(2)12-17(11-14)22(29)25-13-19(28)26-20(21-24-8-9-27(21)3)16-4-6-18(23)7-5-16/h4-12,20H,13H2,1-3H3,(H,25,29)(H,26,28)/t20-/m0/s1. The Kier molecular flexibility index (Phi) is 6.34. The van der Waals surface area contributed by atoms with Crippen molar-refractivity contribution in [3.63, 3.8) is 0 Å². The van der Waals surface area contributed by atoms with Crippen molar-refractivity contribution >= 4 is 23.4 Å². The van der Waals surface area contributed by atoms with E-state index in [4.69, 9.17) is 11.6 Å². The van der Waals surface area contributed by atoms with Crippen LogP contribution in [0.1, 0.15) is 38.9 Å². The summed E-state index contributed by atoms with van der Waals surface area (Å²) < 4.78 is 1.84. The summed E-state index contributed by atoms with van der Waals surface area (Å²) in [6.45, 7) is 3.72. The smallest absolute Gasteiger partial charge is 0.251 e. The highest BCUT2D eigenvalue weighted by Gasteiger charge is 2.21. The fraction of sp³-hybridized carbons (Fsp3) is 0.227. The number of amides is 2. The molecular weight excluding hydrogens is 388 g/mol. The summed E-state index contributed by atoms with van der Waals surface area (Å²) in [5.41, 5.74) is 3.38. The molecule has 0 radical (unpaired) electrons. The summed E-state index contributed by atoms with van der Waals surface area (Å²) >= 11 is 5.99. The molecule has 0 spiro atoms. The highest BCUT2D eigenvalue weighted by molar-refractivity contribution is 6.30. The van der Waals surface area contributed by atoms with Crippen LogP contribution in [0.2, 0.25) is 5.02 Å². The van der Waals surface area contributed by atoms with Gasteiger partial charge in [-0.25, -0.2) is 4.98 Å². The lowest BCUT2D eigenvalue weighted by atomic mass is 10.1. The Hall–Kier alpha value is -3.12. The predicted molar refractivity (Wildman–Crippen MR) is 113 cm³/mol. The van der Waals surface area contributed by atoms with Crippen LogP contribution in [-0.4, -0.2) is 27.9 Å². The third-order valence-corrected chi connectivity index (χ3v) is 4.77. The number of aryl methyl sites for hydroxylation is 3. The molecule has 29 heavy (non-hydrogen) atoms. The quantitative estimate of drug-likeness (QED) is 0.654. The predicted octanol–water partition coefficient (Wildman–Crippen LogP) is 3.33. The van der Waals surface area contributed by atoms with E-state index >= 15 is 0 Å². The number of benzene rings is 2. The van der Waals surface area contributed by atoms with Crippen LogP contribution in [0.3, 0.4) is 0 Å². The van der Waals surface area contributed by atoms with Crippen LogP contribution in [0.4, 0.5) is 0 Å². The topological polar surface area (TPSA) is 76.0 Å². The first kappa shape index (κ1) is 20.6. The molecule has 0 aliphatic rings. The zero-order valence-electron chi connectivity index (χ0n) is 16.6. The van der Waals surface area contributed by atoms with Gasteiger partial charge in [-0.1, -0.05) is 40.9 Å². The minimum atomic E-state index is -0.460. The maximum atomic E-state index is 12.6. The third kappa shape index (κ3) is 5.23. The van der Waals surface area contributed by atoms with Crippen molar-refractivity contribution in [1.82, 2.24) is 20.2 Å². The van der Waals surface area contributed by atoms with Gasteiger partial charge >= 0.3 is 0 Å². The SMILES string of the molecule is Cc1cc(C)cc(C(=O)NCC(=O)N[C@@H](c2ccc(Cl)cc2)c2nccn2C)c1. The van der Waals surface area contributed by atoms with Crippen LogP contribution >= 0.6 is 11.6 Å². The molecule has 0 fully saturated rings. The lowest BCUT2D eigenvalue weighted by Crippen LogP contribution is -2.39. The molecule has 0 aliphatic heterocycles. The Bertz CT molecular complexity index is 1010. The lowest BCUT2D eigenvalue weighted by molar-refractivity contribution is -0.120. The van der Waals surface area contributed by atoms with Crippen molar-refractivity contribution in [2.75, 3.05) is 6.54 Å². The monoisotopic (exact) mass is 410 g/mol. The van der Waals surface area contributed by atoms with Gasteiger partial charge in [0, 0.05) is 30.0 Å². The Labute approximate surface area is 174 Å². The Morgan fingerprint density at radius 1 is 1.10 bits per heavy atom. The van der Waals surface area contributed by atoms with E-state index < -0.39 is 6.04 Å². The van der Waals surface area contributed by atoms with E-state index in [1.54, 1.807) is 30.5 Å². The van der Waals surface area contributed by atoms with Crippen molar-refractivity contribution in [1.29, 1.82) is 0 Å². The first-order valence-corrected chi connectivity index (χ1v) is 9.60. The number of rotatable bonds is 6. The van der Waals surface area contributed by atoms with Crippen LogP contribution in [0, 0.1) is 13.8 Å². The van der Waals surface area contributed by atoms with E-state index in [2.05, 4.69) is 15.6 Å². The Morgan fingerprint density at radius 2 is 1.76 bits per heavy atom. The van der Waals surface area contributed by atoms with E-state index in [1.165, 1.54) is 0 Å². The molecule has 3 aromatic rings. The third-order valence-electron chi connectivity index (χ3n) is 4.52. The largest absolute Gasteiger partial charge is 0.343 e. The minimum absolute atomic E-state index is 0.139. The molecule has 0 saturated carbocycles. The minimum Gasteiger partial charge on any atom is -0.343 e. The van der Waals surface area contributed by atoms with Crippen molar-refractivity contribution in [3.05, 3.63) is 88.0 Å². The number of imidazole rings is 1. The molecule has 3 rings (SSSR count). The normalized spacial score (nSPS) is 11.7. The molecular formula is C22H23ClN4O2. The van der Waals surface area contributed by atoms with E-state index in [-0.39, 0.29) is 18.4 Å². The van der Waals surface area contributed by atoms with Gasteiger partial charge in [0.15, 0.2) is 0 Å². The molecule has 0 unspecified atom stereocenters. The molecule has 2 amide bonds. The molecule has 0 bridgehead atoms. The summed E-state index contributed by atoms with van der Waals surface area (Å²) in [5, 5.41) is 6.24. The second-order valence-corrected chi connectivity index (χ2v) is 7.44. The van der Waals surface area contributed by atoms with Gasteiger partial charge in [-0.05, 0) is 43.7 Å². The van der Waals surface area contributed by atoms with Crippen LogP contribution < -0.4 is 10.6 Å². The van der Waals surface area contributed by atoms with Crippen LogP contribution in [-0.2, 0) is 11.8 Å². The molecule has 0 saturated heterocycles. The maximum Gasteiger partial charge on any atom is 0.251 e. The van der Waals surface area contributed by atoms with Crippen molar-refractivity contribution in [3.8, 4) is 0 Å². The zero-order chi connectivity index (χ0) is 21.0. The molecule has 2 N–H and O–H groups in total. The number of aromatic nitrogens is 2. The molecule has 7 heteroatoms. The zero-order valence-corrected chi connectivity index (χ0v) is 17.3. The van der Waals surface area contributed by atoms with E-state index in [0.717, 1.165) is 16.7 Å². The summed E-state index contributed by atoms with van der Waals surface area (Å²) in [4.78, 5) is 29.3. The molecule has 150 valence electrons. The number of carbonyl (C=O) groups excluding carboxylic acids is 2. The average Bonchev–Trinajstić information content (AvgIpc) is 3.10. The number of halogens is 1. The number of hydrogen-bond acceptors (Lipinski definition) is 3. The van der Waals surface area contributed by atoms with Crippen LogP contribution in [0.25, 0.3) is 0 Å². The Morgan fingerprint density at radius 3 is 2.34 bits per heavy atom. The fourth-order valence-corrected chi connectivity index (χ4v) is 3.31. The molecule has 1 aromatic heterocycles. The molecule has 6 nitrogen and oxygen atoms in total. The van der Waals surface area contributed by atoms with Gasteiger partial charge in [-0.3, -0.25) is 9.59 Å². The van der Waals surface area contributed by atoms with Crippen LogP contribution in [0.15, 0.2) is 54.9 Å². The van der Waals surface area contributed by atoms with Gasteiger partial charge in [0.2, 0.25) is 5.91 Å². The van der Waals surface area contributed by atoms with Crippen molar-refractivity contribution in [2.24, 2.45) is 7.05 Å². The van der Waals surface area contributed by atoms with E-state index in [0.29, 0.717) is 16.4 Å². The summed E-state index contributed by atoms with van der Waals surface area (Å²) in [6, 6.07) is 12.3. The molecule has 1 atom stereocenters. The van der Waals surface area contributed by atoms with Crippen molar-refractivity contribution < 1.29 is 9.59 Å². The summed E-state index contributed by atoms with van der Waals surface area (Å²) in [7, 11) is 1.86. The van der Waals surface area contributed by atoms with E-state index in [1.807, 2.05) is 49.9 Å². The van der Waals surface area contributed by atoms with Gasteiger partial charge in [-0.2, -0.15) is 0 Å². The fourth-order valence-electron chi connectivity index (χ4n) is 3.19. The number of nitrogens with zero attached hydrogens (tertiary/aromatic N) is 2. The second kappa shape index (κ2) is 8.92. The van der Waals surface area contributed by atoms with Gasteiger partial charge < -0.3 is 15.2 Å². The molecule has 2 aromatic carbocycles.